The van der Waals surface area contributed by atoms with Crippen LogP contribution in [0.15, 0.2) is 60.7 Å². The first-order valence-electron chi connectivity index (χ1n) is 6.37. The maximum atomic E-state index is 3.55. The molecule has 1 fully saturated rings. The predicted octanol–water partition coefficient (Wildman–Crippen LogP) is 3.27. The van der Waals surface area contributed by atoms with E-state index in [1.54, 1.807) is 0 Å². The Kier molecular flexibility index (Phi) is 3.39. The summed E-state index contributed by atoms with van der Waals surface area (Å²) in [4.78, 5) is 0. The average molecular weight is 255 g/mol. The molecular weight excluding hydrogens is 238 g/mol. The third-order valence-corrected chi connectivity index (χ3v) is 5.00. The molecule has 0 aliphatic carbocycles. The summed E-state index contributed by atoms with van der Waals surface area (Å²) in [6.45, 7) is 2.11. The molecule has 1 nitrogen and oxygen atoms in total. The van der Waals surface area contributed by atoms with Gasteiger partial charge in [-0.25, -0.2) is 0 Å². The number of hydrogen-bond donors (Lipinski definition) is 1. The number of hydrogen-bond acceptors (Lipinski definition) is 2. The van der Waals surface area contributed by atoms with Crippen molar-refractivity contribution in [1.29, 1.82) is 0 Å². The summed E-state index contributed by atoms with van der Waals surface area (Å²) in [5.74, 6) is 1.16. The standard InChI is InChI=1S/C16H17NS/c1-3-7-14(8-4-1)16(13-17-11-12-18-16)15-9-5-2-6-10-15/h1-10,17H,11-13H2. The molecule has 0 saturated carbocycles. The van der Waals surface area contributed by atoms with Crippen LogP contribution in [0.25, 0.3) is 0 Å². The van der Waals surface area contributed by atoms with Gasteiger partial charge in [0.15, 0.2) is 0 Å². The highest BCUT2D eigenvalue weighted by atomic mass is 32.2. The zero-order valence-electron chi connectivity index (χ0n) is 10.3. The van der Waals surface area contributed by atoms with E-state index in [1.807, 2.05) is 0 Å². The van der Waals surface area contributed by atoms with Crippen LogP contribution in [0.4, 0.5) is 0 Å². The lowest BCUT2D eigenvalue weighted by molar-refractivity contribution is 0.601. The normalized spacial score (nSPS) is 18.4. The van der Waals surface area contributed by atoms with Gasteiger partial charge in [-0.05, 0) is 11.1 Å². The van der Waals surface area contributed by atoms with E-state index in [-0.39, 0.29) is 4.75 Å². The van der Waals surface area contributed by atoms with Crippen LogP contribution in [-0.2, 0) is 4.75 Å². The van der Waals surface area contributed by atoms with Crippen LogP contribution < -0.4 is 5.32 Å². The van der Waals surface area contributed by atoms with Gasteiger partial charge in [-0.2, -0.15) is 0 Å². The minimum Gasteiger partial charge on any atom is -0.314 e. The molecule has 1 saturated heterocycles. The van der Waals surface area contributed by atoms with E-state index in [4.69, 9.17) is 0 Å². The van der Waals surface area contributed by atoms with Gasteiger partial charge < -0.3 is 5.32 Å². The molecule has 0 bridgehead atoms. The van der Waals surface area contributed by atoms with Crippen LogP contribution in [0.5, 0.6) is 0 Å². The third kappa shape index (κ3) is 2.06. The van der Waals surface area contributed by atoms with Gasteiger partial charge in [0.2, 0.25) is 0 Å². The minimum atomic E-state index is 0.0702. The number of nitrogens with one attached hydrogen (secondary N) is 1. The van der Waals surface area contributed by atoms with Gasteiger partial charge in [-0.3, -0.25) is 0 Å². The monoisotopic (exact) mass is 255 g/mol. The summed E-state index contributed by atoms with van der Waals surface area (Å²) >= 11 is 2.05. The Morgan fingerprint density at radius 2 is 1.39 bits per heavy atom. The van der Waals surface area contributed by atoms with E-state index in [0.717, 1.165) is 18.8 Å². The van der Waals surface area contributed by atoms with Gasteiger partial charge in [-0.15, -0.1) is 11.8 Å². The highest BCUT2D eigenvalue weighted by Crippen LogP contribution is 2.43. The minimum absolute atomic E-state index is 0.0702. The number of benzene rings is 2. The Bertz CT molecular complexity index is 448. The fourth-order valence-corrected chi connectivity index (χ4v) is 3.97. The van der Waals surface area contributed by atoms with E-state index in [0.29, 0.717) is 0 Å². The molecule has 0 atom stereocenters. The maximum Gasteiger partial charge on any atom is 0.0781 e. The van der Waals surface area contributed by atoms with Crippen LogP contribution in [-0.4, -0.2) is 18.8 Å². The van der Waals surface area contributed by atoms with E-state index in [1.165, 1.54) is 11.1 Å². The highest BCUT2D eigenvalue weighted by molar-refractivity contribution is 8.00. The quantitative estimate of drug-likeness (QED) is 0.884. The smallest absolute Gasteiger partial charge is 0.0781 e. The van der Waals surface area contributed by atoms with E-state index in [2.05, 4.69) is 77.7 Å². The molecule has 1 aliphatic heterocycles. The molecule has 2 aromatic rings. The van der Waals surface area contributed by atoms with Crippen molar-refractivity contribution >= 4 is 11.8 Å². The van der Waals surface area contributed by atoms with Gasteiger partial charge in [-0.1, -0.05) is 60.7 Å². The molecule has 0 aromatic heterocycles. The van der Waals surface area contributed by atoms with Gasteiger partial charge in [0.1, 0.15) is 0 Å². The lowest BCUT2D eigenvalue weighted by Crippen LogP contribution is -2.42. The van der Waals surface area contributed by atoms with Crippen LogP contribution >= 0.6 is 11.8 Å². The largest absolute Gasteiger partial charge is 0.314 e. The molecule has 0 unspecified atom stereocenters. The Morgan fingerprint density at radius 1 is 0.833 bits per heavy atom. The second-order valence-electron chi connectivity index (χ2n) is 4.58. The molecular formula is C16H17NS. The first kappa shape index (κ1) is 11.8. The molecule has 3 rings (SSSR count). The lowest BCUT2D eigenvalue weighted by Gasteiger charge is -2.38. The molecule has 1 heterocycles. The summed E-state index contributed by atoms with van der Waals surface area (Å²) in [6, 6.07) is 21.7. The van der Waals surface area contributed by atoms with Gasteiger partial charge in [0.25, 0.3) is 0 Å². The van der Waals surface area contributed by atoms with Crippen LogP contribution in [0.2, 0.25) is 0 Å². The summed E-state index contributed by atoms with van der Waals surface area (Å²) in [5, 5.41) is 3.55. The van der Waals surface area contributed by atoms with Crippen molar-refractivity contribution in [2.75, 3.05) is 18.8 Å². The van der Waals surface area contributed by atoms with Crippen LogP contribution in [0, 0.1) is 0 Å². The number of rotatable bonds is 2. The molecule has 92 valence electrons. The average Bonchev–Trinajstić information content (AvgIpc) is 2.50. The zero-order valence-corrected chi connectivity index (χ0v) is 11.1. The van der Waals surface area contributed by atoms with Gasteiger partial charge in [0, 0.05) is 18.8 Å². The molecule has 0 spiro atoms. The van der Waals surface area contributed by atoms with Crippen molar-refractivity contribution in [2.45, 2.75) is 4.75 Å². The first-order chi connectivity index (χ1) is 8.92. The topological polar surface area (TPSA) is 12.0 Å². The Balaban J connectivity index is 2.10. The molecule has 0 radical (unpaired) electrons. The fraction of sp³-hybridized carbons (Fsp3) is 0.250. The summed E-state index contributed by atoms with van der Waals surface area (Å²) in [6.07, 6.45) is 0. The second-order valence-corrected chi connectivity index (χ2v) is 5.98. The van der Waals surface area contributed by atoms with Gasteiger partial charge in [0.05, 0.1) is 4.75 Å². The highest BCUT2D eigenvalue weighted by Gasteiger charge is 2.36. The number of thioether (sulfide) groups is 1. The summed E-state index contributed by atoms with van der Waals surface area (Å²) in [5.41, 5.74) is 2.79. The summed E-state index contributed by atoms with van der Waals surface area (Å²) in [7, 11) is 0. The molecule has 18 heavy (non-hydrogen) atoms. The van der Waals surface area contributed by atoms with Crippen molar-refractivity contribution in [1.82, 2.24) is 5.32 Å². The zero-order chi connectivity index (χ0) is 12.3. The Hall–Kier alpha value is -1.25. The van der Waals surface area contributed by atoms with Crippen molar-refractivity contribution in [3.8, 4) is 0 Å². The molecule has 2 heteroatoms. The second kappa shape index (κ2) is 5.17. The first-order valence-corrected chi connectivity index (χ1v) is 7.36. The van der Waals surface area contributed by atoms with Gasteiger partial charge >= 0.3 is 0 Å². The van der Waals surface area contributed by atoms with E-state index >= 15 is 0 Å². The molecule has 0 amide bonds. The SMILES string of the molecule is c1ccc(C2(c3ccccc3)CNCCS2)cc1. The van der Waals surface area contributed by atoms with Crippen molar-refractivity contribution in [3.05, 3.63) is 71.8 Å². The Morgan fingerprint density at radius 3 is 1.83 bits per heavy atom. The van der Waals surface area contributed by atoms with Crippen molar-refractivity contribution in [3.63, 3.8) is 0 Å². The Labute approximate surface area is 113 Å². The van der Waals surface area contributed by atoms with Crippen LogP contribution in [0.1, 0.15) is 11.1 Å². The third-order valence-electron chi connectivity index (χ3n) is 3.48. The predicted molar refractivity (Wildman–Crippen MR) is 79.0 cm³/mol. The van der Waals surface area contributed by atoms with E-state index < -0.39 is 0 Å². The van der Waals surface area contributed by atoms with E-state index in [9.17, 15) is 0 Å². The molecule has 1 aliphatic rings. The molecule has 2 aromatic carbocycles. The molecule has 1 N–H and O–H groups in total. The maximum absolute atomic E-state index is 3.55. The summed E-state index contributed by atoms with van der Waals surface area (Å²) < 4.78 is 0.0702. The fourth-order valence-electron chi connectivity index (χ4n) is 2.57. The van der Waals surface area contributed by atoms with Crippen LogP contribution in [0.3, 0.4) is 0 Å². The van der Waals surface area contributed by atoms with Crippen molar-refractivity contribution in [2.24, 2.45) is 0 Å². The lowest BCUT2D eigenvalue weighted by atomic mass is 9.90. The van der Waals surface area contributed by atoms with Crippen molar-refractivity contribution < 1.29 is 0 Å².